The van der Waals surface area contributed by atoms with Crippen molar-refractivity contribution in [3.63, 3.8) is 0 Å². The van der Waals surface area contributed by atoms with Gasteiger partial charge in [-0.3, -0.25) is 0 Å². The Morgan fingerprint density at radius 1 is 1.41 bits per heavy atom. The summed E-state index contributed by atoms with van der Waals surface area (Å²) in [7, 11) is 0. The minimum absolute atomic E-state index is 0.165. The third-order valence-electron chi connectivity index (χ3n) is 3.40. The Kier molecular flexibility index (Phi) is 4.51. The molecule has 1 heterocycles. The molecule has 17 heavy (non-hydrogen) atoms. The van der Waals surface area contributed by atoms with E-state index < -0.39 is 0 Å². The van der Waals surface area contributed by atoms with Gasteiger partial charge in [-0.25, -0.2) is 4.39 Å². The van der Waals surface area contributed by atoms with Crippen molar-refractivity contribution in [1.82, 2.24) is 5.32 Å². The van der Waals surface area contributed by atoms with Crippen LogP contribution in [0.5, 0.6) is 0 Å². The molecule has 1 fully saturated rings. The van der Waals surface area contributed by atoms with Crippen LogP contribution in [0.2, 0.25) is 0 Å². The standard InChI is InChI=1S/C14H20FNO/c1-11(13-3-2-4-14(15)9-13)16-10-12-5-7-17-8-6-12/h2-4,9,11-12,16H,5-8,10H2,1H3/t11-/m1/s1. The van der Waals surface area contributed by atoms with Crippen molar-refractivity contribution in [1.29, 1.82) is 0 Å². The zero-order chi connectivity index (χ0) is 12.1. The van der Waals surface area contributed by atoms with Crippen LogP contribution in [0.25, 0.3) is 0 Å². The second-order valence-corrected chi connectivity index (χ2v) is 4.74. The molecule has 0 aromatic heterocycles. The van der Waals surface area contributed by atoms with Crippen LogP contribution >= 0.6 is 0 Å². The summed E-state index contributed by atoms with van der Waals surface area (Å²) in [5.41, 5.74) is 1.01. The van der Waals surface area contributed by atoms with E-state index in [1.165, 1.54) is 6.07 Å². The largest absolute Gasteiger partial charge is 0.381 e. The number of hydrogen-bond acceptors (Lipinski definition) is 2. The summed E-state index contributed by atoms with van der Waals surface area (Å²) in [6.45, 7) is 4.82. The van der Waals surface area contributed by atoms with E-state index in [-0.39, 0.29) is 11.9 Å². The molecular formula is C14H20FNO. The first-order valence-corrected chi connectivity index (χ1v) is 6.32. The minimum Gasteiger partial charge on any atom is -0.381 e. The van der Waals surface area contributed by atoms with Gasteiger partial charge < -0.3 is 10.1 Å². The van der Waals surface area contributed by atoms with Crippen molar-refractivity contribution in [3.8, 4) is 0 Å². The van der Waals surface area contributed by atoms with Gasteiger partial charge in [-0.2, -0.15) is 0 Å². The molecule has 1 aliphatic heterocycles. The zero-order valence-electron chi connectivity index (χ0n) is 10.3. The smallest absolute Gasteiger partial charge is 0.123 e. The monoisotopic (exact) mass is 237 g/mol. The molecule has 3 heteroatoms. The van der Waals surface area contributed by atoms with Gasteiger partial charge in [0.25, 0.3) is 0 Å². The fraction of sp³-hybridized carbons (Fsp3) is 0.571. The Hall–Kier alpha value is -0.930. The summed E-state index contributed by atoms with van der Waals surface area (Å²) in [6.07, 6.45) is 2.26. The average Bonchev–Trinajstić information content (AvgIpc) is 2.37. The number of rotatable bonds is 4. The van der Waals surface area contributed by atoms with E-state index >= 15 is 0 Å². The Morgan fingerprint density at radius 2 is 2.18 bits per heavy atom. The Labute approximate surface area is 102 Å². The summed E-state index contributed by atoms with van der Waals surface area (Å²) >= 11 is 0. The fourth-order valence-electron chi connectivity index (χ4n) is 2.19. The van der Waals surface area contributed by atoms with Gasteiger partial charge in [-0.15, -0.1) is 0 Å². The van der Waals surface area contributed by atoms with E-state index in [4.69, 9.17) is 4.74 Å². The molecule has 1 saturated heterocycles. The molecule has 0 spiro atoms. The van der Waals surface area contributed by atoms with Crippen LogP contribution in [0.15, 0.2) is 24.3 Å². The van der Waals surface area contributed by atoms with Gasteiger partial charge in [0.05, 0.1) is 0 Å². The molecule has 1 aromatic rings. The summed E-state index contributed by atoms with van der Waals surface area (Å²) in [5, 5.41) is 3.47. The first-order chi connectivity index (χ1) is 8.25. The van der Waals surface area contributed by atoms with Crippen molar-refractivity contribution in [3.05, 3.63) is 35.6 Å². The van der Waals surface area contributed by atoms with Crippen molar-refractivity contribution < 1.29 is 9.13 Å². The zero-order valence-corrected chi connectivity index (χ0v) is 10.3. The molecule has 0 radical (unpaired) electrons. The lowest BCUT2D eigenvalue weighted by atomic mass is 9.99. The fourth-order valence-corrected chi connectivity index (χ4v) is 2.19. The van der Waals surface area contributed by atoms with Gasteiger partial charge >= 0.3 is 0 Å². The van der Waals surface area contributed by atoms with Gasteiger partial charge in [0.2, 0.25) is 0 Å². The average molecular weight is 237 g/mol. The molecular weight excluding hydrogens is 217 g/mol. The van der Waals surface area contributed by atoms with Gasteiger partial charge in [0, 0.05) is 19.3 Å². The van der Waals surface area contributed by atoms with E-state index in [9.17, 15) is 4.39 Å². The van der Waals surface area contributed by atoms with Crippen LogP contribution in [0.4, 0.5) is 4.39 Å². The summed E-state index contributed by atoms with van der Waals surface area (Å²) in [5.74, 6) is 0.530. The molecule has 1 atom stereocenters. The highest BCUT2D eigenvalue weighted by molar-refractivity contribution is 5.19. The highest BCUT2D eigenvalue weighted by atomic mass is 19.1. The molecule has 94 valence electrons. The SMILES string of the molecule is C[C@@H](NCC1CCOCC1)c1cccc(F)c1. The normalized spacial score (nSPS) is 19.2. The molecule has 1 aliphatic rings. The van der Waals surface area contributed by atoms with Gasteiger partial charge in [-0.05, 0) is 49.9 Å². The maximum absolute atomic E-state index is 13.1. The van der Waals surface area contributed by atoms with Crippen molar-refractivity contribution in [2.24, 2.45) is 5.92 Å². The minimum atomic E-state index is -0.165. The van der Waals surface area contributed by atoms with E-state index in [0.29, 0.717) is 5.92 Å². The highest BCUT2D eigenvalue weighted by Gasteiger charge is 2.15. The molecule has 0 bridgehead atoms. The Morgan fingerprint density at radius 3 is 2.88 bits per heavy atom. The first kappa shape index (κ1) is 12.5. The van der Waals surface area contributed by atoms with E-state index in [2.05, 4.69) is 12.2 Å². The molecule has 0 unspecified atom stereocenters. The maximum Gasteiger partial charge on any atom is 0.123 e. The molecule has 0 saturated carbocycles. The number of halogens is 1. The van der Waals surface area contributed by atoms with Crippen molar-refractivity contribution >= 4 is 0 Å². The molecule has 2 rings (SSSR count). The second kappa shape index (κ2) is 6.12. The van der Waals surface area contributed by atoms with Crippen molar-refractivity contribution in [2.45, 2.75) is 25.8 Å². The van der Waals surface area contributed by atoms with Crippen LogP contribution in [0, 0.1) is 11.7 Å². The predicted octanol–water partition coefficient (Wildman–Crippen LogP) is 2.90. The van der Waals surface area contributed by atoms with E-state index in [1.54, 1.807) is 12.1 Å². The Balaban J connectivity index is 1.82. The molecule has 0 amide bonds. The van der Waals surface area contributed by atoms with Crippen LogP contribution in [-0.4, -0.2) is 19.8 Å². The molecule has 2 nitrogen and oxygen atoms in total. The third-order valence-corrected chi connectivity index (χ3v) is 3.40. The summed E-state index contributed by atoms with van der Waals surface area (Å²) in [6, 6.07) is 7.01. The number of nitrogens with one attached hydrogen (secondary N) is 1. The lowest BCUT2D eigenvalue weighted by Gasteiger charge is -2.24. The summed E-state index contributed by atoms with van der Waals surface area (Å²) in [4.78, 5) is 0. The van der Waals surface area contributed by atoms with Crippen LogP contribution in [0.1, 0.15) is 31.4 Å². The molecule has 0 aliphatic carbocycles. The Bertz CT molecular complexity index is 350. The molecule has 1 aromatic carbocycles. The van der Waals surface area contributed by atoms with Crippen LogP contribution in [0.3, 0.4) is 0 Å². The second-order valence-electron chi connectivity index (χ2n) is 4.74. The highest BCUT2D eigenvalue weighted by Crippen LogP contribution is 2.17. The first-order valence-electron chi connectivity index (χ1n) is 6.32. The molecule has 1 N–H and O–H groups in total. The van der Waals surface area contributed by atoms with Crippen molar-refractivity contribution in [2.75, 3.05) is 19.8 Å². The van der Waals surface area contributed by atoms with Gasteiger partial charge in [-0.1, -0.05) is 12.1 Å². The van der Waals surface area contributed by atoms with E-state index in [1.807, 2.05) is 6.07 Å². The number of benzene rings is 1. The maximum atomic E-state index is 13.1. The lowest BCUT2D eigenvalue weighted by Crippen LogP contribution is -2.29. The predicted molar refractivity (Wildman–Crippen MR) is 66.4 cm³/mol. The topological polar surface area (TPSA) is 21.3 Å². The number of ether oxygens (including phenoxy) is 1. The lowest BCUT2D eigenvalue weighted by molar-refractivity contribution is 0.0656. The quantitative estimate of drug-likeness (QED) is 0.869. The third kappa shape index (κ3) is 3.79. The van der Waals surface area contributed by atoms with Gasteiger partial charge in [0.15, 0.2) is 0 Å². The van der Waals surface area contributed by atoms with Gasteiger partial charge in [0.1, 0.15) is 5.82 Å². The van der Waals surface area contributed by atoms with E-state index in [0.717, 1.165) is 38.2 Å². The number of hydrogen-bond donors (Lipinski definition) is 1. The van der Waals surface area contributed by atoms with Crippen LogP contribution in [-0.2, 0) is 4.74 Å². The summed E-state index contributed by atoms with van der Waals surface area (Å²) < 4.78 is 18.4. The van der Waals surface area contributed by atoms with Crippen LogP contribution < -0.4 is 5.32 Å².